The van der Waals surface area contributed by atoms with E-state index in [4.69, 9.17) is 9.88 Å². The van der Waals surface area contributed by atoms with Gasteiger partial charge in [0.25, 0.3) is 0 Å². The highest BCUT2D eigenvalue weighted by atomic mass is 32.2. The van der Waals surface area contributed by atoms with Gasteiger partial charge in [0.1, 0.15) is 6.10 Å². The number of aliphatic hydroxyl groups excluding tert-OH is 1. The van der Waals surface area contributed by atoms with Crippen LogP contribution in [-0.4, -0.2) is 35.7 Å². The molecule has 8 nitrogen and oxygen atoms in total. The molecule has 1 saturated carbocycles. The van der Waals surface area contributed by atoms with Gasteiger partial charge in [-0.25, -0.2) is 18.5 Å². The van der Waals surface area contributed by atoms with Crippen LogP contribution >= 0.6 is 0 Å². The molecule has 9 heteroatoms. The first-order chi connectivity index (χ1) is 12.4. The van der Waals surface area contributed by atoms with E-state index in [1.54, 1.807) is 24.4 Å². The van der Waals surface area contributed by atoms with Crippen molar-refractivity contribution >= 4 is 27.7 Å². The van der Waals surface area contributed by atoms with E-state index in [1.807, 2.05) is 0 Å². The molecule has 26 heavy (non-hydrogen) atoms. The molecule has 1 fully saturated rings. The summed E-state index contributed by atoms with van der Waals surface area (Å²) < 4.78 is 28.4. The summed E-state index contributed by atoms with van der Waals surface area (Å²) in [7, 11) is -3.74. The lowest BCUT2D eigenvalue weighted by atomic mass is 10.2. The average molecular weight is 376 g/mol. The summed E-state index contributed by atoms with van der Waals surface area (Å²) in [5.41, 5.74) is 1.22. The summed E-state index contributed by atoms with van der Waals surface area (Å²) in [6.45, 7) is 3.72. The molecule has 1 aliphatic carbocycles. The van der Waals surface area contributed by atoms with Crippen molar-refractivity contribution in [3.63, 3.8) is 0 Å². The Kier molecular flexibility index (Phi) is 5.21. The summed E-state index contributed by atoms with van der Waals surface area (Å²) >= 11 is 0. The van der Waals surface area contributed by atoms with Crippen LogP contribution in [0.2, 0.25) is 0 Å². The standard InChI is InChI=1S/C17H20N4O4S/c1-2-11-10-19-17(21-16(11)25-15-5-3-4-14(15)22)20-12-6-8-13(9-7-12)26(18,23)24/h2,6-10,14-15,22H,1,3-5H2,(H2,18,23,24)(H,19,20,21)/t14-,15+/m1/s1. The van der Waals surface area contributed by atoms with Crippen LogP contribution in [0.25, 0.3) is 6.08 Å². The summed E-state index contributed by atoms with van der Waals surface area (Å²) in [6, 6.07) is 5.90. The highest BCUT2D eigenvalue weighted by Gasteiger charge is 2.28. The molecule has 0 spiro atoms. The molecule has 1 aliphatic rings. The quantitative estimate of drug-likeness (QED) is 0.701. The zero-order chi connectivity index (χ0) is 18.7. The molecule has 3 rings (SSSR count). The van der Waals surface area contributed by atoms with Crippen molar-refractivity contribution in [3.8, 4) is 5.88 Å². The highest BCUT2D eigenvalue weighted by molar-refractivity contribution is 7.89. The first kappa shape index (κ1) is 18.3. The van der Waals surface area contributed by atoms with Gasteiger partial charge in [-0.3, -0.25) is 0 Å². The Morgan fingerprint density at radius 1 is 1.31 bits per heavy atom. The lowest BCUT2D eigenvalue weighted by molar-refractivity contribution is 0.0573. The number of aliphatic hydroxyl groups is 1. The van der Waals surface area contributed by atoms with Crippen molar-refractivity contribution in [1.82, 2.24) is 9.97 Å². The van der Waals surface area contributed by atoms with Gasteiger partial charge in [0.05, 0.1) is 16.6 Å². The number of rotatable bonds is 6. The number of sulfonamides is 1. The van der Waals surface area contributed by atoms with E-state index in [2.05, 4.69) is 21.9 Å². The third-order valence-electron chi connectivity index (χ3n) is 4.12. The number of benzene rings is 1. The van der Waals surface area contributed by atoms with Crippen molar-refractivity contribution < 1.29 is 18.3 Å². The Balaban J connectivity index is 1.80. The summed E-state index contributed by atoms with van der Waals surface area (Å²) in [6.07, 6.45) is 4.72. The lowest BCUT2D eigenvalue weighted by Gasteiger charge is -2.18. The van der Waals surface area contributed by atoms with Crippen LogP contribution in [0, 0.1) is 0 Å². The van der Waals surface area contributed by atoms with Gasteiger partial charge in [-0.1, -0.05) is 12.7 Å². The topological polar surface area (TPSA) is 127 Å². The van der Waals surface area contributed by atoms with Crippen LogP contribution in [0.5, 0.6) is 5.88 Å². The van der Waals surface area contributed by atoms with Gasteiger partial charge in [-0.15, -0.1) is 0 Å². The number of hydrogen-bond donors (Lipinski definition) is 3. The zero-order valence-electron chi connectivity index (χ0n) is 14.0. The van der Waals surface area contributed by atoms with Gasteiger partial charge >= 0.3 is 0 Å². The minimum Gasteiger partial charge on any atom is -0.471 e. The molecule has 2 aromatic rings. The number of nitrogens with two attached hydrogens (primary N) is 1. The first-order valence-electron chi connectivity index (χ1n) is 8.11. The summed E-state index contributed by atoms with van der Waals surface area (Å²) in [5, 5.41) is 18.0. The van der Waals surface area contributed by atoms with Crippen molar-refractivity contribution in [1.29, 1.82) is 0 Å². The van der Waals surface area contributed by atoms with E-state index in [0.29, 0.717) is 23.6 Å². The highest BCUT2D eigenvalue weighted by Crippen LogP contribution is 2.27. The van der Waals surface area contributed by atoms with Crippen LogP contribution in [-0.2, 0) is 10.0 Å². The number of primary sulfonamides is 1. The molecule has 0 bridgehead atoms. The van der Waals surface area contributed by atoms with Crippen LogP contribution in [0.4, 0.5) is 11.6 Å². The third-order valence-corrected chi connectivity index (χ3v) is 5.05. The van der Waals surface area contributed by atoms with Gasteiger partial charge in [-0.2, -0.15) is 4.98 Å². The maximum atomic E-state index is 11.3. The van der Waals surface area contributed by atoms with E-state index in [1.165, 1.54) is 12.1 Å². The average Bonchev–Trinajstić information content (AvgIpc) is 3.00. The fraction of sp³-hybridized carbons (Fsp3) is 0.294. The largest absolute Gasteiger partial charge is 0.471 e. The van der Waals surface area contributed by atoms with Gasteiger partial charge in [0, 0.05) is 11.9 Å². The van der Waals surface area contributed by atoms with Crippen molar-refractivity contribution in [2.75, 3.05) is 5.32 Å². The zero-order valence-corrected chi connectivity index (χ0v) is 14.8. The van der Waals surface area contributed by atoms with E-state index < -0.39 is 16.1 Å². The predicted molar refractivity (Wildman–Crippen MR) is 97.5 cm³/mol. The molecule has 2 atom stereocenters. The fourth-order valence-electron chi connectivity index (χ4n) is 2.71. The summed E-state index contributed by atoms with van der Waals surface area (Å²) in [4.78, 5) is 8.55. The lowest BCUT2D eigenvalue weighted by Crippen LogP contribution is -2.26. The maximum Gasteiger partial charge on any atom is 0.238 e. The first-order valence-corrected chi connectivity index (χ1v) is 9.65. The van der Waals surface area contributed by atoms with Gasteiger partial charge in [0.2, 0.25) is 21.9 Å². The third kappa shape index (κ3) is 4.18. The minimum absolute atomic E-state index is 0.0187. The van der Waals surface area contributed by atoms with Gasteiger partial charge < -0.3 is 15.2 Å². The molecule has 0 saturated heterocycles. The molecular weight excluding hydrogens is 356 g/mol. The molecular formula is C17H20N4O4S. The van der Waals surface area contributed by atoms with E-state index >= 15 is 0 Å². The molecule has 1 aromatic heterocycles. The van der Waals surface area contributed by atoms with Crippen molar-refractivity contribution in [3.05, 3.63) is 42.6 Å². The number of hydrogen-bond acceptors (Lipinski definition) is 7. The monoisotopic (exact) mass is 376 g/mol. The number of ether oxygens (including phenoxy) is 1. The molecule has 1 heterocycles. The fourth-order valence-corrected chi connectivity index (χ4v) is 3.23. The van der Waals surface area contributed by atoms with Gasteiger partial charge in [0.15, 0.2) is 0 Å². The predicted octanol–water partition coefficient (Wildman–Crippen LogP) is 1.80. The summed E-state index contributed by atoms with van der Waals surface area (Å²) in [5.74, 6) is 0.617. The molecule has 0 amide bonds. The Bertz CT molecular complexity index is 899. The van der Waals surface area contributed by atoms with Crippen LogP contribution < -0.4 is 15.2 Å². The molecule has 4 N–H and O–H groups in total. The van der Waals surface area contributed by atoms with E-state index in [9.17, 15) is 13.5 Å². The smallest absolute Gasteiger partial charge is 0.238 e. The molecule has 1 aromatic carbocycles. The van der Waals surface area contributed by atoms with Gasteiger partial charge in [-0.05, 0) is 43.5 Å². The molecule has 0 aliphatic heterocycles. The molecule has 0 unspecified atom stereocenters. The number of aromatic nitrogens is 2. The molecule has 138 valence electrons. The van der Waals surface area contributed by atoms with E-state index in [-0.39, 0.29) is 16.9 Å². The van der Waals surface area contributed by atoms with Crippen molar-refractivity contribution in [2.45, 2.75) is 36.4 Å². The Morgan fingerprint density at radius 2 is 2.04 bits per heavy atom. The number of nitrogens with zero attached hydrogens (tertiary/aromatic N) is 2. The maximum absolute atomic E-state index is 11.3. The normalized spacial score (nSPS) is 19.9. The second-order valence-electron chi connectivity index (χ2n) is 6.01. The SMILES string of the molecule is C=Cc1cnc(Nc2ccc(S(N)(=O)=O)cc2)nc1O[C@H]1CCC[C@H]1O. The second-order valence-corrected chi connectivity index (χ2v) is 7.57. The van der Waals surface area contributed by atoms with Crippen LogP contribution in [0.3, 0.4) is 0 Å². The number of nitrogens with one attached hydrogen (secondary N) is 1. The van der Waals surface area contributed by atoms with Crippen LogP contribution in [0.1, 0.15) is 24.8 Å². The Morgan fingerprint density at radius 3 is 2.62 bits per heavy atom. The van der Waals surface area contributed by atoms with E-state index in [0.717, 1.165) is 12.8 Å². The Labute approximate surface area is 151 Å². The van der Waals surface area contributed by atoms with Crippen LogP contribution in [0.15, 0.2) is 41.9 Å². The second kappa shape index (κ2) is 7.40. The number of anilines is 2. The minimum atomic E-state index is -3.74. The van der Waals surface area contributed by atoms with Crippen molar-refractivity contribution in [2.24, 2.45) is 5.14 Å². The Hall–Kier alpha value is -2.49. The molecule has 0 radical (unpaired) electrons.